The molecule has 32 heavy (non-hydrogen) atoms. The summed E-state index contributed by atoms with van der Waals surface area (Å²) in [4.78, 5) is 30.0. The third-order valence-corrected chi connectivity index (χ3v) is 6.39. The number of unbranched alkanes of at least 4 members (excludes halogenated alkanes) is 5. The van der Waals surface area contributed by atoms with E-state index in [0.29, 0.717) is 24.3 Å². The van der Waals surface area contributed by atoms with Gasteiger partial charge in [-0.3, -0.25) is 9.59 Å². The fraction of sp³-hybridized carbons (Fsp3) is 0.600. The molecule has 1 fully saturated rings. The molecule has 2 heterocycles. The number of hydrogen-bond donors (Lipinski definition) is 1. The minimum atomic E-state index is -0.411. The number of nitrogens with zero attached hydrogens (tertiary/aromatic N) is 3. The summed E-state index contributed by atoms with van der Waals surface area (Å²) >= 11 is 0. The predicted molar refractivity (Wildman–Crippen MR) is 129 cm³/mol. The maximum atomic E-state index is 15.0. The van der Waals surface area contributed by atoms with E-state index in [1.807, 2.05) is 16.4 Å². The van der Waals surface area contributed by atoms with Crippen LogP contribution in [0.5, 0.6) is 0 Å². The van der Waals surface area contributed by atoms with Gasteiger partial charge in [0.1, 0.15) is 11.4 Å². The van der Waals surface area contributed by atoms with Crippen molar-refractivity contribution < 1.29 is 9.18 Å². The Hall–Kier alpha value is -2.41. The zero-order valence-corrected chi connectivity index (χ0v) is 19.8. The Balaban J connectivity index is 1.79. The van der Waals surface area contributed by atoms with E-state index in [-0.39, 0.29) is 16.9 Å². The van der Waals surface area contributed by atoms with E-state index >= 15 is 4.39 Å². The number of benzene rings is 1. The quantitative estimate of drug-likeness (QED) is 0.563. The van der Waals surface area contributed by atoms with Gasteiger partial charge in [-0.05, 0) is 32.5 Å². The maximum Gasteiger partial charge on any atom is 0.256 e. The molecule has 0 unspecified atom stereocenters. The van der Waals surface area contributed by atoms with Crippen LogP contribution in [0.3, 0.4) is 0 Å². The lowest BCUT2D eigenvalue weighted by Gasteiger charge is -2.34. The molecule has 1 N–H and O–H groups in total. The van der Waals surface area contributed by atoms with Crippen molar-refractivity contribution in [2.45, 2.75) is 58.9 Å². The first kappa shape index (κ1) is 24.2. The summed E-state index contributed by atoms with van der Waals surface area (Å²) in [5, 5.41) is 3.13. The zero-order valence-electron chi connectivity index (χ0n) is 19.8. The number of amides is 1. The summed E-state index contributed by atoms with van der Waals surface area (Å²) in [5.74, 6) is -0.789. The smallest absolute Gasteiger partial charge is 0.256 e. The van der Waals surface area contributed by atoms with Gasteiger partial charge in [0, 0.05) is 50.9 Å². The average Bonchev–Trinajstić information content (AvgIpc) is 2.79. The van der Waals surface area contributed by atoms with Gasteiger partial charge < -0.3 is 19.7 Å². The normalized spacial score (nSPS) is 14.8. The minimum Gasteiger partial charge on any atom is -0.367 e. The highest BCUT2D eigenvalue weighted by Gasteiger charge is 2.21. The summed E-state index contributed by atoms with van der Waals surface area (Å²) in [7, 11) is 2.06. The summed E-state index contributed by atoms with van der Waals surface area (Å²) < 4.78 is 16.9. The molecule has 0 atom stereocenters. The molecule has 1 aliphatic heterocycles. The average molecular weight is 445 g/mol. The lowest BCUT2D eigenvalue weighted by atomic mass is 10.1. The number of rotatable bonds is 10. The fourth-order valence-corrected chi connectivity index (χ4v) is 4.31. The zero-order chi connectivity index (χ0) is 23.1. The van der Waals surface area contributed by atoms with Crippen LogP contribution in [0, 0.1) is 5.82 Å². The first-order valence-electron chi connectivity index (χ1n) is 12.0. The molecule has 0 saturated carbocycles. The van der Waals surface area contributed by atoms with Gasteiger partial charge in [0.25, 0.3) is 5.91 Å². The topological polar surface area (TPSA) is 57.6 Å². The van der Waals surface area contributed by atoms with Crippen molar-refractivity contribution in [1.82, 2.24) is 14.8 Å². The molecule has 3 rings (SSSR count). The molecule has 1 aromatic heterocycles. The lowest BCUT2D eigenvalue weighted by Crippen LogP contribution is -2.44. The van der Waals surface area contributed by atoms with E-state index in [1.165, 1.54) is 25.3 Å². The van der Waals surface area contributed by atoms with Crippen LogP contribution in [0.2, 0.25) is 0 Å². The monoisotopic (exact) mass is 444 g/mol. The van der Waals surface area contributed by atoms with Crippen molar-refractivity contribution in [3.05, 3.63) is 39.9 Å². The molecular weight excluding hydrogens is 407 g/mol. The van der Waals surface area contributed by atoms with Crippen LogP contribution in [0.1, 0.15) is 62.7 Å². The van der Waals surface area contributed by atoms with E-state index < -0.39 is 11.2 Å². The summed E-state index contributed by atoms with van der Waals surface area (Å²) in [5.41, 5.74) is 0.860. The number of piperazine rings is 1. The van der Waals surface area contributed by atoms with Gasteiger partial charge in [-0.2, -0.15) is 0 Å². The summed E-state index contributed by atoms with van der Waals surface area (Å²) in [6, 6.07) is 3.07. The van der Waals surface area contributed by atoms with Gasteiger partial charge in [0.05, 0.1) is 11.2 Å². The number of likely N-dealkylation sites (N-methyl/N-ethyl adjacent to an activating group) is 1. The van der Waals surface area contributed by atoms with Crippen LogP contribution in [-0.4, -0.2) is 55.1 Å². The molecule has 0 aliphatic carbocycles. The Morgan fingerprint density at radius 2 is 1.72 bits per heavy atom. The van der Waals surface area contributed by atoms with Gasteiger partial charge in [-0.25, -0.2) is 4.39 Å². The van der Waals surface area contributed by atoms with Crippen LogP contribution in [0.15, 0.2) is 23.1 Å². The summed E-state index contributed by atoms with van der Waals surface area (Å²) in [6.45, 7) is 8.51. The Morgan fingerprint density at radius 1 is 1.03 bits per heavy atom. The van der Waals surface area contributed by atoms with Gasteiger partial charge >= 0.3 is 0 Å². The first-order chi connectivity index (χ1) is 15.5. The van der Waals surface area contributed by atoms with E-state index in [4.69, 9.17) is 0 Å². The third-order valence-electron chi connectivity index (χ3n) is 6.39. The number of hydrogen-bond acceptors (Lipinski definition) is 4. The van der Waals surface area contributed by atoms with Crippen LogP contribution in [-0.2, 0) is 6.54 Å². The van der Waals surface area contributed by atoms with E-state index in [1.54, 1.807) is 12.3 Å². The molecule has 7 heteroatoms. The first-order valence-corrected chi connectivity index (χ1v) is 12.0. The number of nitrogens with one attached hydrogen (secondary N) is 1. The largest absolute Gasteiger partial charge is 0.367 e. The number of carbonyl (C=O) groups is 1. The van der Waals surface area contributed by atoms with Crippen molar-refractivity contribution in [2.75, 3.05) is 44.7 Å². The van der Waals surface area contributed by atoms with Gasteiger partial charge in [-0.15, -0.1) is 0 Å². The van der Waals surface area contributed by atoms with E-state index in [0.717, 1.165) is 45.4 Å². The minimum absolute atomic E-state index is 0.0806. The molecule has 0 radical (unpaired) electrons. The Labute approximate surface area is 190 Å². The Morgan fingerprint density at radius 3 is 2.41 bits per heavy atom. The van der Waals surface area contributed by atoms with Crippen LogP contribution >= 0.6 is 0 Å². The molecule has 0 spiro atoms. The molecule has 6 nitrogen and oxygen atoms in total. The fourth-order valence-electron chi connectivity index (χ4n) is 4.31. The molecule has 0 bridgehead atoms. The van der Waals surface area contributed by atoms with E-state index in [2.05, 4.69) is 24.2 Å². The van der Waals surface area contributed by atoms with Crippen LogP contribution in [0.4, 0.5) is 10.1 Å². The van der Waals surface area contributed by atoms with Crippen molar-refractivity contribution in [1.29, 1.82) is 0 Å². The number of anilines is 1. The van der Waals surface area contributed by atoms with Crippen LogP contribution in [0.25, 0.3) is 10.9 Å². The standard InChI is InChI=1S/C25H37FN4O2/c1-4-6-7-8-9-10-11-27-25(32)20-18-29(5-2)22-17-23(21(26)16-19(22)24(20)31)30-14-12-28(3)13-15-30/h16-18H,4-15H2,1-3H3,(H,27,32). The number of aromatic nitrogens is 1. The number of halogens is 1. The van der Waals surface area contributed by atoms with Gasteiger partial charge in [0.15, 0.2) is 0 Å². The molecule has 1 aromatic carbocycles. The Kier molecular flexibility index (Phi) is 8.67. The second kappa shape index (κ2) is 11.5. The number of carbonyl (C=O) groups excluding carboxylic acids is 1. The summed E-state index contributed by atoms with van der Waals surface area (Å²) in [6.07, 6.45) is 8.42. The van der Waals surface area contributed by atoms with Crippen molar-refractivity contribution in [3.63, 3.8) is 0 Å². The van der Waals surface area contributed by atoms with Crippen LogP contribution < -0.4 is 15.6 Å². The number of aryl methyl sites for hydroxylation is 1. The Bertz CT molecular complexity index is 980. The van der Waals surface area contributed by atoms with E-state index in [9.17, 15) is 9.59 Å². The van der Waals surface area contributed by atoms with Crippen molar-refractivity contribution >= 4 is 22.5 Å². The molecule has 176 valence electrons. The second-order valence-electron chi connectivity index (χ2n) is 8.79. The third kappa shape index (κ3) is 5.68. The van der Waals surface area contributed by atoms with Crippen molar-refractivity contribution in [2.24, 2.45) is 0 Å². The highest BCUT2D eigenvalue weighted by molar-refractivity contribution is 5.97. The predicted octanol–water partition coefficient (Wildman–Crippen LogP) is 4.00. The number of fused-ring (bicyclic) bond motifs is 1. The molecule has 1 amide bonds. The maximum absolute atomic E-state index is 15.0. The molecule has 2 aromatic rings. The molecule has 1 saturated heterocycles. The van der Waals surface area contributed by atoms with Gasteiger partial charge in [0.2, 0.25) is 5.43 Å². The number of pyridine rings is 1. The van der Waals surface area contributed by atoms with Gasteiger partial charge in [-0.1, -0.05) is 39.0 Å². The highest BCUT2D eigenvalue weighted by atomic mass is 19.1. The SMILES string of the molecule is CCCCCCCCNC(=O)c1cn(CC)c2cc(N3CCN(C)CC3)c(F)cc2c1=O. The lowest BCUT2D eigenvalue weighted by molar-refractivity contribution is 0.0951. The molecular formula is C25H37FN4O2. The van der Waals surface area contributed by atoms with Crippen molar-refractivity contribution in [3.8, 4) is 0 Å². The second-order valence-corrected chi connectivity index (χ2v) is 8.79. The highest BCUT2D eigenvalue weighted by Crippen LogP contribution is 2.26. The molecule has 1 aliphatic rings.